The van der Waals surface area contributed by atoms with Gasteiger partial charge in [0.05, 0.1) is 6.54 Å². The minimum atomic E-state index is -0.295. The summed E-state index contributed by atoms with van der Waals surface area (Å²) in [5.41, 5.74) is 0.805. The summed E-state index contributed by atoms with van der Waals surface area (Å²) in [5, 5.41) is 0. The summed E-state index contributed by atoms with van der Waals surface area (Å²) >= 11 is 0. The summed E-state index contributed by atoms with van der Waals surface area (Å²) in [5.74, 6) is 1.34. The molecule has 0 spiro atoms. The molecule has 0 unspecified atom stereocenters. The average Bonchev–Trinajstić information content (AvgIpc) is 2.96. The van der Waals surface area contributed by atoms with Crippen LogP contribution in [0.2, 0.25) is 0 Å². The Labute approximate surface area is 160 Å². The third-order valence-electron chi connectivity index (χ3n) is 4.31. The molecule has 0 aliphatic rings. The molecule has 7 heteroatoms. The molecule has 0 aliphatic carbocycles. The van der Waals surface area contributed by atoms with Gasteiger partial charge >= 0.3 is 5.56 Å². The fourth-order valence-corrected chi connectivity index (χ4v) is 3.06. The lowest BCUT2D eigenvalue weighted by Gasteiger charge is -2.22. The number of imidazole rings is 1. The second kappa shape index (κ2) is 9.14. The van der Waals surface area contributed by atoms with Crippen molar-refractivity contribution in [3.05, 3.63) is 66.8 Å². The minimum Gasteiger partial charge on any atom is -0.335 e. The number of aromatic nitrogens is 4. The summed E-state index contributed by atoms with van der Waals surface area (Å²) in [7, 11) is 3.71. The third kappa shape index (κ3) is 4.25. The van der Waals surface area contributed by atoms with Crippen LogP contribution < -0.4 is 10.5 Å². The maximum absolute atomic E-state index is 12.7. The Morgan fingerprint density at radius 2 is 1.44 bits per heavy atom. The van der Waals surface area contributed by atoms with Gasteiger partial charge in [0, 0.05) is 40.3 Å². The van der Waals surface area contributed by atoms with E-state index in [-0.39, 0.29) is 5.56 Å². The largest absolute Gasteiger partial charge is 0.335 e. The lowest BCUT2D eigenvalue weighted by atomic mass is 10.4. The first-order valence-electron chi connectivity index (χ1n) is 8.81. The molecule has 2 aromatic heterocycles. The maximum Gasteiger partial charge on any atom is 0.300 e. The number of rotatable bonds is 11. The van der Waals surface area contributed by atoms with Crippen molar-refractivity contribution in [1.82, 2.24) is 24.0 Å². The zero-order valence-corrected chi connectivity index (χ0v) is 16.3. The molecule has 2 heterocycles. The first-order chi connectivity index (χ1) is 13.0. The normalized spacial score (nSPS) is 10.9. The lowest BCUT2D eigenvalue weighted by molar-refractivity contribution is 0.316. The van der Waals surface area contributed by atoms with Crippen LogP contribution in [0.25, 0.3) is 11.2 Å². The van der Waals surface area contributed by atoms with Gasteiger partial charge in [0.1, 0.15) is 5.82 Å². The zero-order chi connectivity index (χ0) is 20.0. The van der Waals surface area contributed by atoms with Crippen molar-refractivity contribution in [3.63, 3.8) is 0 Å². The molecule has 2 aromatic rings. The number of anilines is 1. The van der Waals surface area contributed by atoms with Gasteiger partial charge in [-0.3, -0.25) is 14.3 Å². The van der Waals surface area contributed by atoms with Gasteiger partial charge in [-0.15, -0.1) is 26.3 Å². The van der Waals surface area contributed by atoms with Crippen LogP contribution in [-0.4, -0.2) is 50.2 Å². The Morgan fingerprint density at radius 1 is 0.889 bits per heavy atom. The first-order valence-corrected chi connectivity index (χ1v) is 8.81. The highest BCUT2D eigenvalue weighted by Gasteiger charge is 2.20. The highest BCUT2D eigenvalue weighted by molar-refractivity contribution is 5.73. The van der Waals surface area contributed by atoms with E-state index >= 15 is 0 Å². The van der Waals surface area contributed by atoms with E-state index < -0.39 is 0 Å². The van der Waals surface area contributed by atoms with Crippen LogP contribution in [0.15, 0.2) is 55.4 Å². The highest BCUT2D eigenvalue weighted by Crippen LogP contribution is 2.17. The third-order valence-corrected chi connectivity index (χ3v) is 4.31. The number of hydrogen-bond donors (Lipinski definition) is 0. The Hall–Kier alpha value is -2.93. The maximum atomic E-state index is 12.7. The Morgan fingerprint density at radius 3 is 1.96 bits per heavy atom. The van der Waals surface area contributed by atoms with Gasteiger partial charge in [-0.25, -0.2) is 4.98 Å². The molecule has 0 aromatic carbocycles. The second-order valence-corrected chi connectivity index (χ2v) is 6.29. The van der Waals surface area contributed by atoms with Gasteiger partial charge in [-0.1, -0.05) is 24.3 Å². The number of nitrogens with zero attached hydrogens (tertiary/aromatic N) is 6. The topological polar surface area (TPSA) is 59.2 Å². The van der Waals surface area contributed by atoms with Gasteiger partial charge in [-0.2, -0.15) is 4.98 Å². The molecule has 2 rings (SSSR count). The van der Waals surface area contributed by atoms with Crippen molar-refractivity contribution in [2.75, 3.05) is 31.1 Å². The predicted molar refractivity (Wildman–Crippen MR) is 112 cm³/mol. The van der Waals surface area contributed by atoms with Crippen molar-refractivity contribution in [2.45, 2.75) is 6.54 Å². The van der Waals surface area contributed by atoms with Crippen LogP contribution in [-0.2, 0) is 20.6 Å². The minimum absolute atomic E-state index is 0.295. The van der Waals surface area contributed by atoms with Crippen molar-refractivity contribution in [1.29, 1.82) is 0 Å². The van der Waals surface area contributed by atoms with Gasteiger partial charge < -0.3 is 9.47 Å². The van der Waals surface area contributed by atoms with Gasteiger partial charge in [0.2, 0.25) is 5.95 Å². The molecule has 0 saturated carbocycles. The van der Waals surface area contributed by atoms with Crippen LogP contribution in [0.4, 0.5) is 5.95 Å². The Balaban J connectivity index is 2.56. The number of hydrogen-bond acceptors (Lipinski definition) is 5. The Kier molecular flexibility index (Phi) is 6.90. The van der Waals surface area contributed by atoms with Gasteiger partial charge in [0.25, 0.3) is 0 Å². The molecule has 0 fully saturated rings. The summed E-state index contributed by atoms with van der Waals surface area (Å²) < 4.78 is 3.66. The van der Waals surface area contributed by atoms with Crippen LogP contribution >= 0.6 is 0 Å². The molecule has 0 saturated heterocycles. The van der Waals surface area contributed by atoms with E-state index in [0.717, 1.165) is 5.82 Å². The van der Waals surface area contributed by atoms with Crippen molar-refractivity contribution in [2.24, 2.45) is 14.1 Å². The lowest BCUT2D eigenvalue weighted by Crippen LogP contribution is -2.30. The monoisotopic (exact) mass is 368 g/mol. The van der Waals surface area contributed by atoms with Crippen LogP contribution in [0.5, 0.6) is 0 Å². The summed E-state index contributed by atoms with van der Waals surface area (Å²) in [6.07, 6.45) is 7.22. The van der Waals surface area contributed by atoms with Crippen molar-refractivity contribution >= 4 is 17.1 Å². The second-order valence-electron chi connectivity index (χ2n) is 6.29. The van der Waals surface area contributed by atoms with E-state index in [1.54, 1.807) is 12.2 Å². The van der Waals surface area contributed by atoms with E-state index in [9.17, 15) is 4.79 Å². The number of aryl methyl sites for hydroxylation is 2. The molecule has 0 amide bonds. The molecule has 144 valence electrons. The standard InChI is InChI=1S/C20H28N6O/c1-7-11-25(12-8-2)15-16-21-18-17(23(16)5)19(27)22-20(24(18)6)26(13-9-3)14-10-4/h7-10H,1-4,11-15H2,5-6H3. The van der Waals surface area contributed by atoms with E-state index in [1.165, 1.54) is 0 Å². The molecule has 0 bridgehead atoms. The molecule has 0 aliphatic heterocycles. The quantitative estimate of drug-likeness (QED) is 0.568. The highest BCUT2D eigenvalue weighted by atomic mass is 16.1. The average molecular weight is 368 g/mol. The first kappa shape index (κ1) is 20.4. The smallest absolute Gasteiger partial charge is 0.300 e. The zero-order valence-electron chi connectivity index (χ0n) is 16.3. The molecule has 27 heavy (non-hydrogen) atoms. The molecule has 0 N–H and O–H groups in total. The van der Waals surface area contributed by atoms with Gasteiger partial charge in [0.15, 0.2) is 11.2 Å². The molecule has 0 radical (unpaired) electrons. The van der Waals surface area contributed by atoms with Crippen molar-refractivity contribution < 1.29 is 0 Å². The van der Waals surface area contributed by atoms with E-state index in [4.69, 9.17) is 4.98 Å². The van der Waals surface area contributed by atoms with E-state index in [1.807, 2.05) is 40.3 Å². The fraction of sp³-hybridized carbons (Fsp3) is 0.350. The number of fused-ring (bicyclic) bond motifs is 1. The predicted octanol–water partition coefficient (Wildman–Crippen LogP) is 2.02. The summed E-state index contributed by atoms with van der Waals surface area (Å²) in [4.78, 5) is 25.8. The van der Waals surface area contributed by atoms with Crippen LogP contribution in [0.1, 0.15) is 5.82 Å². The van der Waals surface area contributed by atoms with Crippen LogP contribution in [0, 0.1) is 0 Å². The van der Waals surface area contributed by atoms with E-state index in [2.05, 4.69) is 36.2 Å². The van der Waals surface area contributed by atoms with Gasteiger partial charge in [-0.05, 0) is 0 Å². The van der Waals surface area contributed by atoms with E-state index in [0.29, 0.717) is 49.8 Å². The molecule has 7 nitrogen and oxygen atoms in total. The SMILES string of the molecule is C=CCN(CC=C)Cc1nc2c(c(=O)nc(N(CC=C)CC=C)n2C)n1C. The fourth-order valence-electron chi connectivity index (χ4n) is 3.06. The molecular formula is C20H28N6O. The summed E-state index contributed by atoms with van der Waals surface area (Å²) in [6, 6.07) is 0. The summed E-state index contributed by atoms with van der Waals surface area (Å²) in [6.45, 7) is 18.3. The Bertz CT molecular complexity index is 887. The molecular weight excluding hydrogens is 340 g/mol. The molecule has 0 atom stereocenters. The van der Waals surface area contributed by atoms with Crippen molar-refractivity contribution in [3.8, 4) is 0 Å². The van der Waals surface area contributed by atoms with Crippen LogP contribution in [0.3, 0.4) is 0 Å².